The van der Waals surface area contributed by atoms with Crippen LogP contribution in [-0.2, 0) is 0 Å². The third-order valence-corrected chi connectivity index (χ3v) is 6.68. The molecule has 0 radical (unpaired) electrons. The van der Waals surface area contributed by atoms with Gasteiger partial charge in [0.05, 0.1) is 23.9 Å². The van der Waals surface area contributed by atoms with Crippen LogP contribution in [0.3, 0.4) is 0 Å². The Kier molecular flexibility index (Phi) is 5.65. The number of aromatic nitrogens is 2. The number of urea groups is 1. The number of anilines is 1. The van der Waals surface area contributed by atoms with Crippen molar-refractivity contribution in [3.8, 4) is 11.5 Å². The summed E-state index contributed by atoms with van der Waals surface area (Å²) in [7, 11) is 0. The minimum atomic E-state index is -0.501. The summed E-state index contributed by atoms with van der Waals surface area (Å²) in [6, 6.07) is 7.11. The number of amides is 3. The summed E-state index contributed by atoms with van der Waals surface area (Å²) in [6.45, 7) is 6.18. The summed E-state index contributed by atoms with van der Waals surface area (Å²) in [5, 5.41) is 20.2. The molecule has 3 heterocycles. The maximum atomic E-state index is 13.2. The highest BCUT2D eigenvalue weighted by atomic mass is 16.5. The molecule has 1 aromatic carbocycles. The number of benzene rings is 1. The molecular weight excluding hydrogens is 434 g/mol. The second-order valence-electron chi connectivity index (χ2n) is 9.20. The molecule has 3 amide bonds. The molecule has 3 aromatic rings. The highest BCUT2D eigenvalue weighted by molar-refractivity contribution is 5.98. The molecule has 1 saturated heterocycles. The van der Waals surface area contributed by atoms with E-state index in [-0.39, 0.29) is 24.0 Å². The van der Waals surface area contributed by atoms with Crippen molar-refractivity contribution in [1.29, 1.82) is 0 Å². The van der Waals surface area contributed by atoms with Crippen molar-refractivity contribution >= 4 is 23.1 Å². The highest BCUT2D eigenvalue weighted by Crippen LogP contribution is 2.33. The zero-order valence-electron chi connectivity index (χ0n) is 19.5. The number of carbonyl (C=O) groups excluding carboxylic acids is 2. The normalized spacial score (nSPS) is 19.9. The number of carbonyl (C=O) groups is 2. The molecule has 2 atom stereocenters. The molecule has 0 spiro atoms. The molecular formula is C25H29N5O4. The van der Waals surface area contributed by atoms with Gasteiger partial charge in [0.2, 0.25) is 0 Å². The van der Waals surface area contributed by atoms with E-state index in [1.165, 1.54) is 0 Å². The van der Waals surface area contributed by atoms with Gasteiger partial charge in [0, 0.05) is 30.5 Å². The largest absolute Gasteiger partial charge is 0.455 e. The van der Waals surface area contributed by atoms with Gasteiger partial charge in [0.25, 0.3) is 5.91 Å². The van der Waals surface area contributed by atoms with Crippen LogP contribution in [0.15, 0.2) is 36.7 Å². The van der Waals surface area contributed by atoms with Crippen molar-refractivity contribution in [2.75, 3.05) is 11.9 Å². The molecule has 2 aromatic heterocycles. The zero-order valence-corrected chi connectivity index (χ0v) is 19.5. The molecule has 2 aliphatic rings. The van der Waals surface area contributed by atoms with Crippen molar-refractivity contribution in [3.63, 3.8) is 0 Å². The summed E-state index contributed by atoms with van der Waals surface area (Å²) in [5.74, 6) is 1.07. The molecule has 1 saturated carbocycles. The average molecular weight is 464 g/mol. The Morgan fingerprint density at radius 1 is 1.18 bits per heavy atom. The first-order valence-electron chi connectivity index (χ1n) is 11.6. The number of aliphatic hydroxyl groups excluding tert-OH is 1. The maximum absolute atomic E-state index is 13.2. The van der Waals surface area contributed by atoms with Gasteiger partial charge in [-0.25, -0.2) is 9.31 Å². The Morgan fingerprint density at radius 3 is 2.65 bits per heavy atom. The third kappa shape index (κ3) is 4.19. The van der Waals surface area contributed by atoms with Gasteiger partial charge in [-0.05, 0) is 69.4 Å². The molecule has 0 unspecified atom stereocenters. The number of hydrogen-bond acceptors (Lipinski definition) is 5. The van der Waals surface area contributed by atoms with Gasteiger partial charge >= 0.3 is 6.03 Å². The van der Waals surface area contributed by atoms with Crippen LogP contribution < -0.4 is 15.4 Å². The number of fused-ring (bicyclic) bond motifs is 1. The van der Waals surface area contributed by atoms with Gasteiger partial charge in [-0.3, -0.25) is 4.79 Å². The SMILES string of the molecule is Cc1cc(Oc2ccnn3cc(C(=O)N4CC[C@@H](O)[C@H]4C)c(C)c23)ccc1NC(=O)NC1CC1. The molecule has 5 rings (SSSR count). The summed E-state index contributed by atoms with van der Waals surface area (Å²) in [6.07, 6.45) is 5.49. The van der Waals surface area contributed by atoms with Crippen LogP contribution in [0.4, 0.5) is 10.5 Å². The van der Waals surface area contributed by atoms with Crippen LogP contribution in [0.25, 0.3) is 5.52 Å². The summed E-state index contributed by atoms with van der Waals surface area (Å²) < 4.78 is 7.84. The number of ether oxygens (including phenoxy) is 1. The Hall–Kier alpha value is -3.59. The monoisotopic (exact) mass is 463 g/mol. The number of likely N-dealkylation sites (tertiary alicyclic amines) is 1. The number of aryl methyl sites for hydroxylation is 2. The number of hydrogen-bond donors (Lipinski definition) is 3. The Bertz CT molecular complexity index is 1270. The lowest BCUT2D eigenvalue weighted by Crippen LogP contribution is -2.37. The number of nitrogens with zero attached hydrogens (tertiary/aromatic N) is 3. The lowest BCUT2D eigenvalue weighted by atomic mass is 10.1. The smallest absolute Gasteiger partial charge is 0.319 e. The molecule has 9 nitrogen and oxygen atoms in total. The molecule has 178 valence electrons. The van der Waals surface area contributed by atoms with Crippen LogP contribution in [0.2, 0.25) is 0 Å². The lowest BCUT2D eigenvalue weighted by Gasteiger charge is -2.22. The van der Waals surface area contributed by atoms with E-state index >= 15 is 0 Å². The van der Waals surface area contributed by atoms with Crippen LogP contribution in [-0.4, -0.2) is 56.3 Å². The molecule has 0 bridgehead atoms. The molecule has 1 aliphatic carbocycles. The third-order valence-electron chi connectivity index (χ3n) is 6.68. The van der Waals surface area contributed by atoms with E-state index in [0.29, 0.717) is 35.5 Å². The number of nitrogens with one attached hydrogen (secondary N) is 2. The highest BCUT2D eigenvalue weighted by Gasteiger charge is 2.34. The standard InChI is InChI=1S/C25H29N5O4/c1-14-12-18(6-7-20(14)28-25(33)27-17-4-5-17)34-22-8-10-26-30-13-19(15(2)23(22)30)24(32)29-11-9-21(31)16(29)3/h6-8,10,12-13,16-17,21,31H,4-5,9,11H2,1-3H3,(H2,27,28,33)/t16-,21-/m1/s1. The fraction of sp³-hybridized carbons (Fsp3) is 0.400. The first kappa shape index (κ1) is 22.2. The van der Waals surface area contributed by atoms with Gasteiger partial charge in [-0.15, -0.1) is 0 Å². The van der Waals surface area contributed by atoms with Gasteiger partial charge in [-0.2, -0.15) is 5.10 Å². The fourth-order valence-electron chi connectivity index (χ4n) is 4.43. The Balaban J connectivity index is 1.38. The average Bonchev–Trinajstić information content (AvgIpc) is 3.46. The van der Waals surface area contributed by atoms with Crippen LogP contribution in [0.1, 0.15) is 47.7 Å². The summed E-state index contributed by atoms with van der Waals surface area (Å²) in [5.41, 5.74) is 3.62. The minimum Gasteiger partial charge on any atom is -0.455 e. The molecule has 34 heavy (non-hydrogen) atoms. The van der Waals surface area contributed by atoms with E-state index in [4.69, 9.17) is 4.74 Å². The molecule has 9 heteroatoms. The second kappa shape index (κ2) is 8.64. The quantitative estimate of drug-likeness (QED) is 0.536. The van der Waals surface area contributed by atoms with Gasteiger partial charge in [-0.1, -0.05) is 0 Å². The zero-order chi connectivity index (χ0) is 24.0. The van der Waals surface area contributed by atoms with Gasteiger partial charge < -0.3 is 25.4 Å². The lowest BCUT2D eigenvalue weighted by molar-refractivity contribution is 0.0666. The number of rotatable bonds is 5. The molecule has 3 N–H and O–H groups in total. The van der Waals surface area contributed by atoms with Crippen LogP contribution in [0, 0.1) is 13.8 Å². The minimum absolute atomic E-state index is 0.117. The predicted molar refractivity (Wildman–Crippen MR) is 127 cm³/mol. The van der Waals surface area contributed by atoms with Gasteiger partial charge in [0.1, 0.15) is 11.3 Å². The van der Waals surface area contributed by atoms with E-state index < -0.39 is 6.10 Å². The van der Waals surface area contributed by atoms with E-state index in [9.17, 15) is 14.7 Å². The van der Waals surface area contributed by atoms with Crippen molar-refractivity contribution in [2.24, 2.45) is 0 Å². The Morgan fingerprint density at radius 2 is 1.97 bits per heavy atom. The first-order chi connectivity index (χ1) is 16.3. The van der Waals surface area contributed by atoms with Crippen molar-refractivity contribution < 1.29 is 19.4 Å². The number of aliphatic hydroxyl groups is 1. The second-order valence-corrected chi connectivity index (χ2v) is 9.20. The van der Waals surface area contributed by atoms with E-state index in [1.54, 1.807) is 33.9 Å². The van der Waals surface area contributed by atoms with E-state index in [1.807, 2.05) is 32.9 Å². The van der Waals surface area contributed by atoms with E-state index in [0.717, 1.165) is 29.7 Å². The Labute approximate surface area is 197 Å². The van der Waals surface area contributed by atoms with Crippen molar-refractivity contribution in [3.05, 3.63) is 53.3 Å². The predicted octanol–water partition coefficient (Wildman–Crippen LogP) is 3.62. The molecule has 1 aliphatic heterocycles. The maximum Gasteiger partial charge on any atom is 0.319 e. The first-order valence-corrected chi connectivity index (χ1v) is 11.6. The van der Waals surface area contributed by atoms with Crippen LogP contribution in [0.5, 0.6) is 11.5 Å². The summed E-state index contributed by atoms with van der Waals surface area (Å²) in [4.78, 5) is 27.0. The van der Waals surface area contributed by atoms with Gasteiger partial charge in [0.15, 0.2) is 5.75 Å². The van der Waals surface area contributed by atoms with Crippen LogP contribution >= 0.6 is 0 Å². The fourth-order valence-corrected chi connectivity index (χ4v) is 4.43. The summed E-state index contributed by atoms with van der Waals surface area (Å²) >= 11 is 0. The topological polar surface area (TPSA) is 108 Å². The van der Waals surface area contributed by atoms with Crippen molar-refractivity contribution in [2.45, 2.75) is 58.2 Å². The van der Waals surface area contributed by atoms with E-state index in [2.05, 4.69) is 15.7 Å². The molecule has 2 fully saturated rings. The van der Waals surface area contributed by atoms with Crippen molar-refractivity contribution in [1.82, 2.24) is 19.8 Å².